The Morgan fingerprint density at radius 1 is 1.47 bits per heavy atom. The van der Waals surface area contributed by atoms with Gasteiger partial charge in [0, 0.05) is 13.0 Å². The Hall–Kier alpha value is -1.21. The van der Waals surface area contributed by atoms with Crippen LogP contribution in [-0.2, 0) is 16.1 Å². The number of ether oxygens (including phenoxy) is 1. The number of hydrogen-bond donors (Lipinski definition) is 2. The second-order valence-corrected chi connectivity index (χ2v) is 6.08. The molecule has 1 aliphatic rings. The molecule has 7 heteroatoms. The lowest BCUT2D eigenvalue weighted by Gasteiger charge is -2.25. The van der Waals surface area contributed by atoms with Crippen molar-refractivity contribution in [3.63, 3.8) is 0 Å². The fraction of sp³-hybridized carbons (Fsp3) is 0.750. The van der Waals surface area contributed by atoms with Crippen LogP contribution in [0.1, 0.15) is 37.6 Å². The summed E-state index contributed by atoms with van der Waals surface area (Å²) in [6, 6.07) is 0. The zero-order chi connectivity index (χ0) is 13.7. The van der Waals surface area contributed by atoms with Crippen LogP contribution in [-0.4, -0.2) is 23.2 Å². The van der Waals surface area contributed by atoms with Gasteiger partial charge >= 0.3 is 0 Å². The summed E-state index contributed by atoms with van der Waals surface area (Å²) in [4.78, 5) is 12.0. The Kier molecular flexibility index (Phi) is 5.09. The molecule has 1 aliphatic carbocycles. The first kappa shape index (κ1) is 14.2. The van der Waals surface area contributed by atoms with Crippen molar-refractivity contribution in [3.8, 4) is 0 Å². The average Bonchev–Trinajstić information content (AvgIpc) is 2.84. The molecular formula is C12H20N4O2S. The van der Waals surface area contributed by atoms with Crippen molar-refractivity contribution in [1.29, 1.82) is 0 Å². The number of rotatable bonds is 5. The Balaban J connectivity index is 1.79. The molecule has 1 heterocycles. The smallest absolute Gasteiger partial charge is 0.241 e. The van der Waals surface area contributed by atoms with Crippen molar-refractivity contribution >= 4 is 22.4 Å². The summed E-state index contributed by atoms with van der Waals surface area (Å²) in [6.07, 6.45) is 4.31. The van der Waals surface area contributed by atoms with E-state index in [-0.39, 0.29) is 11.8 Å². The molecule has 19 heavy (non-hydrogen) atoms. The monoisotopic (exact) mass is 284 g/mol. The molecule has 0 saturated heterocycles. The first-order chi connectivity index (χ1) is 9.19. The van der Waals surface area contributed by atoms with Gasteiger partial charge in [0.15, 0.2) is 0 Å². The van der Waals surface area contributed by atoms with E-state index in [1.807, 2.05) is 0 Å². The van der Waals surface area contributed by atoms with Gasteiger partial charge in [-0.1, -0.05) is 31.1 Å². The maximum Gasteiger partial charge on any atom is 0.241 e. The molecule has 1 aromatic heterocycles. The van der Waals surface area contributed by atoms with Gasteiger partial charge in [-0.2, -0.15) is 0 Å². The van der Waals surface area contributed by atoms with Crippen LogP contribution in [0.5, 0.6) is 0 Å². The summed E-state index contributed by atoms with van der Waals surface area (Å²) in [7, 11) is 1.61. The molecule has 1 saturated carbocycles. The van der Waals surface area contributed by atoms with Gasteiger partial charge in [-0.3, -0.25) is 15.6 Å². The number of carbonyl (C=O) groups excluding carboxylic acids is 1. The molecule has 0 radical (unpaired) electrons. The second-order valence-electron chi connectivity index (χ2n) is 5.02. The molecule has 1 fully saturated rings. The van der Waals surface area contributed by atoms with Gasteiger partial charge in [-0.25, -0.2) is 0 Å². The van der Waals surface area contributed by atoms with Crippen LogP contribution in [0, 0.1) is 11.8 Å². The normalized spacial score (nSPS) is 23.1. The van der Waals surface area contributed by atoms with E-state index >= 15 is 0 Å². The Labute approximate surface area is 116 Å². The third kappa shape index (κ3) is 4.14. The summed E-state index contributed by atoms with van der Waals surface area (Å²) in [5, 5.41) is 9.24. The molecule has 2 N–H and O–H groups in total. The number of amides is 1. The summed E-state index contributed by atoms with van der Waals surface area (Å²) in [6.45, 7) is 2.64. The van der Waals surface area contributed by atoms with Crippen molar-refractivity contribution in [1.82, 2.24) is 15.6 Å². The standard InChI is InChI=1S/C12H20N4O2S/c1-8-4-3-5-9(6-8)11(17)14-16-12-15-13-10(19-12)7-18-2/h8-9H,3-7H2,1-2H3,(H,14,17)(H,15,16). The molecule has 0 aromatic carbocycles. The zero-order valence-corrected chi connectivity index (χ0v) is 12.1. The van der Waals surface area contributed by atoms with Crippen molar-refractivity contribution in [3.05, 3.63) is 5.01 Å². The molecule has 0 spiro atoms. The molecule has 1 aromatic rings. The summed E-state index contributed by atoms with van der Waals surface area (Å²) >= 11 is 1.37. The van der Waals surface area contributed by atoms with Gasteiger partial charge in [0.25, 0.3) is 0 Å². The summed E-state index contributed by atoms with van der Waals surface area (Å²) in [5.41, 5.74) is 5.55. The topological polar surface area (TPSA) is 76.1 Å². The van der Waals surface area contributed by atoms with E-state index in [2.05, 4.69) is 28.0 Å². The zero-order valence-electron chi connectivity index (χ0n) is 11.3. The number of nitrogens with one attached hydrogen (secondary N) is 2. The summed E-state index contributed by atoms with van der Waals surface area (Å²) in [5.74, 6) is 0.803. The quantitative estimate of drug-likeness (QED) is 0.808. The average molecular weight is 284 g/mol. The highest BCUT2D eigenvalue weighted by atomic mass is 32.1. The van der Waals surface area contributed by atoms with Crippen LogP contribution in [0.25, 0.3) is 0 Å². The van der Waals surface area contributed by atoms with Gasteiger partial charge < -0.3 is 4.74 Å². The van der Waals surface area contributed by atoms with Crippen molar-refractivity contribution in [2.24, 2.45) is 11.8 Å². The third-order valence-electron chi connectivity index (χ3n) is 3.33. The Morgan fingerprint density at radius 2 is 2.32 bits per heavy atom. The molecular weight excluding hydrogens is 264 g/mol. The van der Waals surface area contributed by atoms with Crippen molar-refractivity contribution in [2.75, 3.05) is 12.5 Å². The predicted octanol–water partition coefficient (Wildman–Crippen LogP) is 1.95. The maximum absolute atomic E-state index is 12.0. The molecule has 106 valence electrons. The first-order valence-electron chi connectivity index (χ1n) is 6.56. The SMILES string of the molecule is COCc1nnc(NNC(=O)C2CCCC(C)C2)s1. The predicted molar refractivity (Wildman–Crippen MR) is 73.5 cm³/mol. The van der Waals surface area contributed by atoms with Crippen LogP contribution in [0.3, 0.4) is 0 Å². The van der Waals surface area contributed by atoms with E-state index in [0.717, 1.165) is 24.3 Å². The number of methoxy groups -OCH3 is 1. The maximum atomic E-state index is 12.0. The molecule has 0 bridgehead atoms. The van der Waals surface area contributed by atoms with Gasteiger partial charge in [0.2, 0.25) is 11.0 Å². The van der Waals surface area contributed by atoms with Crippen LogP contribution in [0.4, 0.5) is 5.13 Å². The van der Waals surface area contributed by atoms with Gasteiger partial charge in [-0.05, 0) is 18.8 Å². The first-order valence-corrected chi connectivity index (χ1v) is 7.38. The highest BCUT2D eigenvalue weighted by Crippen LogP contribution is 2.28. The third-order valence-corrected chi connectivity index (χ3v) is 4.15. The number of aromatic nitrogens is 2. The molecule has 0 aliphatic heterocycles. The molecule has 2 unspecified atom stereocenters. The minimum absolute atomic E-state index is 0.0510. The minimum atomic E-state index is 0.0510. The minimum Gasteiger partial charge on any atom is -0.377 e. The lowest BCUT2D eigenvalue weighted by atomic mass is 9.82. The lowest BCUT2D eigenvalue weighted by molar-refractivity contribution is -0.125. The highest BCUT2D eigenvalue weighted by molar-refractivity contribution is 7.15. The van der Waals surface area contributed by atoms with E-state index in [1.54, 1.807) is 7.11 Å². The van der Waals surface area contributed by atoms with Gasteiger partial charge in [-0.15, -0.1) is 10.2 Å². The van der Waals surface area contributed by atoms with Crippen molar-refractivity contribution < 1.29 is 9.53 Å². The Morgan fingerprint density at radius 3 is 3.05 bits per heavy atom. The number of anilines is 1. The molecule has 2 atom stereocenters. The Bertz CT molecular complexity index is 424. The fourth-order valence-electron chi connectivity index (χ4n) is 2.38. The second kappa shape index (κ2) is 6.81. The molecule has 6 nitrogen and oxygen atoms in total. The largest absolute Gasteiger partial charge is 0.377 e. The van der Waals surface area contributed by atoms with E-state index in [4.69, 9.17) is 4.74 Å². The van der Waals surface area contributed by atoms with Crippen LogP contribution in [0.15, 0.2) is 0 Å². The van der Waals surface area contributed by atoms with E-state index in [9.17, 15) is 4.79 Å². The van der Waals surface area contributed by atoms with Crippen LogP contribution < -0.4 is 10.9 Å². The van der Waals surface area contributed by atoms with Crippen LogP contribution in [0.2, 0.25) is 0 Å². The fourth-order valence-corrected chi connectivity index (χ4v) is 3.04. The number of hydrogen-bond acceptors (Lipinski definition) is 6. The highest BCUT2D eigenvalue weighted by Gasteiger charge is 2.24. The van der Waals surface area contributed by atoms with Gasteiger partial charge in [0.1, 0.15) is 11.6 Å². The number of carbonyl (C=O) groups is 1. The van der Waals surface area contributed by atoms with Crippen LogP contribution >= 0.6 is 11.3 Å². The van der Waals surface area contributed by atoms with Crippen molar-refractivity contribution in [2.45, 2.75) is 39.2 Å². The van der Waals surface area contributed by atoms with E-state index < -0.39 is 0 Å². The molecule has 2 rings (SSSR count). The number of hydrazine groups is 1. The number of nitrogens with zero attached hydrogens (tertiary/aromatic N) is 2. The van der Waals surface area contributed by atoms with E-state index in [1.165, 1.54) is 17.8 Å². The van der Waals surface area contributed by atoms with Gasteiger partial charge in [0.05, 0.1) is 0 Å². The molecule has 1 amide bonds. The van der Waals surface area contributed by atoms with E-state index in [0.29, 0.717) is 17.7 Å². The summed E-state index contributed by atoms with van der Waals surface area (Å²) < 4.78 is 4.97. The lowest BCUT2D eigenvalue weighted by Crippen LogP contribution is -2.36.